The number of aromatic amines is 1. The maximum atomic E-state index is 11.7. The predicted molar refractivity (Wildman–Crippen MR) is 153 cm³/mol. The van der Waals surface area contributed by atoms with E-state index in [1.807, 2.05) is 36.4 Å². The van der Waals surface area contributed by atoms with Crippen molar-refractivity contribution in [3.8, 4) is 11.5 Å². The fourth-order valence-electron chi connectivity index (χ4n) is 4.15. The summed E-state index contributed by atoms with van der Waals surface area (Å²) in [6.45, 7) is 5.68. The summed E-state index contributed by atoms with van der Waals surface area (Å²) in [6, 6.07) is 22.0. The highest BCUT2D eigenvalue weighted by Crippen LogP contribution is 2.29. The lowest BCUT2D eigenvalue weighted by molar-refractivity contribution is -0.139. The molecule has 1 aromatic heterocycles. The number of phenols is 1. The van der Waals surface area contributed by atoms with E-state index in [0.717, 1.165) is 23.0 Å². The third-order valence-electron chi connectivity index (χ3n) is 6.28. The van der Waals surface area contributed by atoms with Gasteiger partial charge in [0.25, 0.3) is 0 Å². The third-order valence-corrected chi connectivity index (χ3v) is 6.28. The average molecular weight is 549 g/mol. The molecule has 0 spiro atoms. The van der Waals surface area contributed by atoms with Gasteiger partial charge in [0.15, 0.2) is 0 Å². The average Bonchev–Trinajstić information content (AvgIpc) is 3.35. The molecule has 0 amide bonds. The minimum Gasteiger partial charge on any atom is -0.507 e. The van der Waals surface area contributed by atoms with Gasteiger partial charge in [-0.3, -0.25) is 9.69 Å². The Bertz CT molecular complexity index is 1380. The zero-order valence-electron chi connectivity index (χ0n) is 22.9. The van der Waals surface area contributed by atoms with Crippen molar-refractivity contribution in [3.63, 3.8) is 0 Å². The Kier molecular flexibility index (Phi) is 11.1. The number of rotatable bonds is 11. The van der Waals surface area contributed by atoms with Gasteiger partial charge in [-0.05, 0) is 49.2 Å². The second-order valence-corrected chi connectivity index (χ2v) is 9.54. The third kappa shape index (κ3) is 8.59. The van der Waals surface area contributed by atoms with Crippen LogP contribution in [0.4, 0.5) is 0 Å². The molecule has 1 atom stereocenters. The number of benzene rings is 3. The summed E-state index contributed by atoms with van der Waals surface area (Å²) in [4.78, 5) is 27.4. The molecule has 9 heteroatoms. The van der Waals surface area contributed by atoms with E-state index in [1.54, 1.807) is 18.3 Å². The number of carboxylic acids is 1. The molecular formula is C31H36N2O7. The highest BCUT2D eigenvalue weighted by molar-refractivity contribution is 5.92. The number of hydrogen-bond donors (Lipinski definition) is 4. The van der Waals surface area contributed by atoms with Crippen LogP contribution in [0.1, 0.15) is 35.3 Å². The number of hydrogen-bond acceptors (Lipinski definition) is 7. The number of nitrogens with zero attached hydrogens (tertiary/aromatic N) is 1. The SMILES string of the molecule is COC(=O)Cc1c[nH]c2cccc(OCC(O)CN(Cc3ccccc3)C(C)C)c12.O=C(O)c1ccccc1O. The number of para-hydroxylation sites is 1. The number of aromatic nitrogens is 1. The summed E-state index contributed by atoms with van der Waals surface area (Å²) in [5.41, 5.74) is 2.84. The number of aliphatic hydroxyl groups is 1. The number of H-pyrrole nitrogens is 1. The molecule has 0 fully saturated rings. The molecule has 4 aromatic rings. The van der Waals surface area contributed by atoms with Gasteiger partial charge in [0.2, 0.25) is 0 Å². The summed E-state index contributed by atoms with van der Waals surface area (Å²) in [5.74, 6) is -0.974. The molecular weight excluding hydrogens is 512 g/mol. The summed E-state index contributed by atoms with van der Waals surface area (Å²) < 4.78 is 10.8. The van der Waals surface area contributed by atoms with E-state index >= 15 is 0 Å². The molecule has 0 saturated heterocycles. The Balaban J connectivity index is 0.000000371. The van der Waals surface area contributed by atoms with Gasteiger partial charge in [-0.2, -0.15) is 0 Å². The zero-order chi connectivity index (χ0) is 29.1. The number of esters is 1. The fraction of sp³-hybridized carbons (Fsp3) is 0.290. The van der Waals surface area contributed by atoms with Crippen molar-refractivity contribution in [2.45, 2.75) is 39.0 Å². The molecule has 1 unspecified atom stereocenters. The van der Waals surface area contributed by atoms with E-state index in [0.29, 0.717) is 18.3 Å². The first-order valence-corrected chi connectivity index (χ1v) is 13.0. The van der Waals surface area contributed by atoms with Gasteiger partial charge in [-0.1, -0.05) is 48.5 Å². The lowest BCUT2D eigenvalue weighted by Crippen LogP contribution is -2.39. The van der Waals surface area contributed by atoms with Crippen LogP contribution in [0.5, 0.6) is 11.5 Å². The van der Waals surface area contributed by atoms with Gasteiger partial charge in [-0.15, -0.1) is 0 Å². The number of methoxy groups -OCH3 is 1. The van der Waals surface area contributed by atoms with Crippen molar-refractivity contribution < 1.29 is 34.4 Å². The van der Waals surface area contributed by atoms with Crippen molar-refractivity contribution in [2.24, 2.45) is 0 Å². The van der Waals surface area contributed by atoms with E-state index in [-0.39, 0.29) is 30.3 Å². The smallest absolute Gasteiger partial charge is 0.339 e. The molecule has 40 heavy (non-hydrogen) atoms. The number of fused-ring (bicyclic) bond motifs is 1. The Hall–Kier alpha value is -4.34. The summed E-state index contributed by atoms with van der Waals surface area (Å²) in [5, 5.41) is 28.8. The normalized spacial score (nSPS) is 11.7. The first kappa shape index (κ1) is 30.2. The van der Waals surface area contributed by atoms with Gasteiger partial charge >= 0.3 is 11.9 Å². The topological polar surface area (TPSA) is 132 Å². The van der Waals surface area contributed by atoms with Crippen molar-refractivity contribution in [1.29, 1.82) is 0 Å². The number of carbonyl (C=O) groups is 2. The molecule has 0 aliphatic heterocycles. The van der Waals surface area contributed by atoms with Crippen LogP contribution < -0.4 is 4.74 Å². The van der Waals surface area contributed by atoms with E-state index in [4.69, 9.17) is 19.7 Å². The molecule has 0 aliphatic carbocycles. The monoisotopic (exact) mass is 548 g/mol. The largest absolute Gasteiger partial charge is 0.507 e. The lowest BCUT2D eigenvalue weighted by atomic mass is 10.1. The number of aliphatic hydroxyl groups excluding tert-OH is 1. The highest BCUT2D eigenvalue weighted by atomic mass is 16.5. The van der Waals surface area contributed by atoms with Crippen molar-refractivity contribution in [2.75, 3.05) is 20.3 Å². The summed E-state index contributed by atoms with van der Waals surface area (Å²) >= 11 is 0. The van der Waals surface area contributed by atoms with Crippen molar-refractivity contribution in [3.05, 3.63) is 95.7 Å². The molecule has 3 aromatic carbocycles. The van der Waals surface area contributed by atoms with Crippen LogP contribution in [0.3, 0.4) is 0 Å². The van der Waals surface area contributed by atoms with Crippen LogP contribution in [0, 0.1) is 0 Å². The molecule has 4 N–H and O–H groups in total. The van der Waals surface area contributed by atoms with E-state index in [9.17, 15) is 14.7 Å². The summed E-state index contributed by atoms with van der Waals surface area (Å²) in [6.07, 6.45) is 1.32. The zero-order valence-corrected chi connectivity index (χ0v) is 22.9. The van der Waals surface area contributed by atoms with Gasteiger partial charge in [0.05, 0.1) is 13.5 Å². The molecule has 9 nitrogen and oxygen atoms in total. The van der Waals surface area contributed by atoms with Gasteiger partial charge in [0.1, 0.15) is 29.8 Å². The number of ether oxygens (including phenoxy) is 2. The number of aromatic carboxylic acids is 1. The van der Waals surface area contributed by atoms with E-state index in [2.05, 4.69) is 35.9 Å². The second kappa shape index (κ2) is 14.7. The van der Waals surface area contributed by atoms with E-state index < -0.39 is 12.1 Å². The predicted octanol–water partition coefficient (Wildman–Crippen LogP) is 4.62. The highest BCUT2D eigenvalue weighted by Gasteiger charge is 2.18. The first-order valence-electron chi connectivity index (χ1n) is 13.0. The van der Waals surface area contributed by atoms with E-state index in [1.165, 1.54) is 24.8 Å². The Morgan fingerprint density at radius 2 is 1.68 bits per heavy atom. The van der Waals surface area contributed by atoms with Crippen LogP contribution in [0.15, 0.2) is 79.0 Å². The van der Waals surface area contributed by atoms with Gasteiger partial charge < -0.3 is 29.8 Å². The van der Waals surface area contributed by atoms with Gasteiger partial charge in [-0.25, -0.2) is 4.79 Å². The van der Waals surface area contributed by atoms with Crippen molar-refractivity contribution in [1.82, 2.24) is 9.88 Å². The van der Waals surface area contributed by atoms with Crippen LogP contribution in [0.25, 0.3) is 10.9 Å². The molecule has 0 radical (unpaired) electrons. The summed E-state index contributed by atoms with van der Waals surface area (Å²) in [7, 11) is 1.38. The first-order chi connectivity index (χ1) is 19.2. The molecule has 0 bridgehead atoms. The van der Waals surface area contributed by atoms with Crippen LogP contribution in [-0.4, -0.2) is 69.5 Å². The number of carboxylic acid groups (broad SMARTS) is 1. The van der Waals surface area contributed by atoms with Gasteiger partial charge in [0, 0.05) is 36.2 Å². The second-order valence-electron chi connectivity index (χ2n) is 9.54. The standard InChI is InChI=1S/C24H30N2O4.C7H6O3/c1-17(2)26(14-18-8-5-4-6-9-18)15-20(27)16-30-22-11-7-10-21-24(22)19(13-25-21)12-23(28)29-3;8-6-4-2-1-3-5(6)7(9)10/h4-11,13,17,20,25,27H,12,14-16H2,1-3H3;1-4,8H,(H,9,10). The molecule has 212 valence electrons. The van der Waals surface area contributed by atoms with Crippen LogP contribution in [-0.2, 0) is 22.5 Å². The maximum Gasteiger partial charge on any atom is 0.339 e. The van der Waals surface area contributed by atoms with Crippen LogP contribution >= 0.6 is 0 Å². The Morgan fingerprint density at radius 1 is 0.975 bits per heavy atom. The Labute approximate surface area is 233 Å². The maximum absolute atomic E-state index is 11.7. The molecule has 1 heterocycles. The Morgan fingerprint density at radius 3 is 2.30 bits per heavy atom. The molecule has 0 aliphatic rings. The number of carbonyl (C=O) groups excluding carboxylic acids is 1. The lowest BCUT2D eigenvalue weighted by Gasteiger charge is -2.29. The number of nitrogens with one attached hydrogen (secondary N) is 1. The molecule has 4 rings (SSSR count). The van der Waals surface area contributed by atoms with Crippen LogP contribution in [0.2, 0.25) is 0 Å². The molecule has 0 saturated carbocycles. The van der Waals surface area contributed by atoms with Crippen molar-refractivity contribution >= 4 is 22.8 Å². The minimum atomic E-state index is -1.11. The fourth-order valence-corrected chi connectivity index (χ4v) is 4.15. The number of aromatic hydroxyl groups is 1. The quantitative estimate of drug-likeness (QED) is 0.200. The minimum absolute atomic E-state index is 0.0671.